The van der Waals surface area contributed by atoms with Crippen molar-refractivity contribution in [2.24, 2.45) is 5.73 Å². The quantitative estimate of drug-likeness (QED) is 0.906. The molecule has 1 aliphatic rings. The molecule has 1 amide bonds. The van der Waals surface area contributed by atoms with Gasteiger partial charge in [-0.2, -0.15) is 0 Å². The molecule has 3 rings (SSSR count). The number of carbonyl (C=O) groups excluding carboxylic acids is 1. The molecule has 23 heavy (non-hydrogen) atoms. The van der Waals surface area contributed by atoms with E-state index in [9.17, 15) is 4.79 Å². The molecule has 0 saturated carbocycles. The highest BCUT2D eigenvalue weighted by molar-refractivity contribution is 5.94. The van der Waals surface area contributed by atoms with Crippen molar-refractivity contribution in [3.8, 4) is 5.75 Å². The number of anilines is 2. The predicted octanol–water partition coefficient (Wildman–Crippen LogP) is 2.02. The van der Waals surface area contributed by atoms with Crippen LogP contribution in [0.3, 0.4) is 0 Å². The maximum Gasteiger partial charge on any atom is 0.243 e. The van der Waals surface area contributed by atoms with Crippen LogP contribution in [-0.2, 0) is 11.2 Å². The topological polar surface area (TPSA) is 67.6 Å². The van der Waals surface area contributed by atoms with Crippen molar-refractivity contribution in [1.29, 1.82) is 0 Å². The van der Waals surface area contributed by atoms with E-state index in [1.807, 2.05) is 41.3 Å². The summed E-state index contributed by atoms with van der Waals surface area (Å²) in [5.74, 6) is 0.648. The summed E-state index contributed by atoms with van der Waals surface area (Å²) in [5, 5.41) is 2.91. The van der Waals surface area contributed by atoms with Gasteiger partial charge in [-0.1, -0.05) is 24.3 Å². The molecule has 120 valence electrons. The zero-order valence-electron chi connectivity index (χ0n) is 13.2. The highest BCUT2D eigenvalue weighted by atomic mass is 16.5. The van der Waals surface area contributed by atoms with Crippen molar-refractivity contribution in [1.82, 2.24) is 0 Å². The molecule has 3 N–H and O–H groups in total. The summed E-state index contributed by atoms with van der Waals surface area (Å²) >= 11 is 0. The van der Waals surface area contributed by atoms with Gasteiger partial charge in [0.2, 0.25) is 5.91 Å². The minimum atomic E-state index is -0.0674. The number of hydrogen-bond donors (Lipinski definition) is 2. The average molecular weight is 311 g/mol. The average Bonchev–Trinajstić information content (AvgIpc) is 2.54. The molecule has 0 saturated heterocycles. The number of nitrogens with two attached hydrogens (primary N) is 1. The molecule has 0 radical (unpaired) electrons. The molecule has 5 nitrogen and oxygen atoms in total. The predicted molar refractivity (Wildman–Crippen MR) is 92.0 cm³/mol. The van der Waals surface area contributed by atoms with E-state index < -0.39 is 0 Å². The van der Waals surface area contributed by atoms with E-state index in [1.54, 1.807) is 13.2 Å². The molecule has 2 aromatic rings. The largest absolute Gasteiger partial charge is 0.497 e. The van der Waals surface area contributed by atoms with Gasteiger partial charge in [0.1, 0.15) is 5.75 Å². The van der Waals surface area contributed by atoms with Crippen LogP contribution in [-0.4, -0.2) is 32.1 Å². The lowest BCUT2D eigenvalue weighted by atomic mass is 9.98. The molecular formula is C18H21N3O2. The van der Waals surface area contributed by atoms with Gasteiger partial charge in [-0.15, -0.1) is 0 Å². The van der Waals surface area contributed by atoms with E-state index >= 15 is 0 Å². The highest BCUT2D eigenvalue weighted by Crippen LogP contribution is 2.26. The second-order valence-electron chi connectivity index (χ2n) is 5.75. The summed E-state index contributed by atoms with van der Waals surface area (Å²) in [6.07, 6.45) is 0.851. The zero-order chi connectivity index (χ0) is 16.2. The van der Waals surface area contributed by atoms with Crippen LogP contribution in [0.25, 0.3) is 0 Å². The van der Waals surface area contributed by atoms with Crippen molar-refractivity contribution in [3.05, 3.63) is 54.1 Å². The normalized spacial score (nSPS) is 16.6. The Morgan fingerprint density at radius 1 is 1.30 bits per heavy atom. The number of ether oxygens (including phenoxy) is 1. The van der Waals surface area contributed by atoms with Gasteiger partial charge in [0.05, 0.1) is 13.7 Å². The monoisotopic (exact) mass is 311 g/mol. The molecule has 0 fully saturated rings. The molecule has 0 aromatic heterocycles. The van der Waals surface area contributed by atoms with E-state index in [4.69, 9.17) is 10.5 Å². The minimum Gasteiger partial charge on any atom is -0.497 e. The van der Waals surface area contributed by atoms with Crippen molar-refractivity contribution in [2.75, 3.05) is 30.4 Å². The standard InChI is InChI=1S/C18H21N3O2/c1-23-16-7-4-6-15(10-16)20-18(22)12-21-11-14(19)9-13-5-2-3-8-17(13)21/h2-8,10,14H,9,11-12,19H2,1H3,(H,20,22). The van der Waals surface area contributed by atoms with E-state index in [-0.39, 0.29) is 18.5 Å². The first-order valence-electron chi connectivity index (χ1n) is 7.68. The van der Waals surface area contributed by atoms with Crippen LogP contribution < -0.4 is 20.7 Å². The summed E-state index contributed by atoms with van der Waals surface area (Å²) in [6.45, 7) is 0.963. The number of rotatable bonds is 4. The van der Waals surface area contributed by atoms with Gasteiger partial charge in [0.25, 0.3) is 0 Å². The number of fused-ring (bicyclic) bond motifs is 1. The van der Waals surface area contributed by atoms with Gasteiger partial charge in [-0.3, -0.25) is 4.79 Å². The number of benzene rings is 2. The van der Waals surface area contributed by atoms with E-state index in [2.05, 4.69) is 11.4 Å². The fraction of sp³-hybridized carbons (Fsp3) is 0.278. The van der Waals surface area contributed by atoms with Gasteiger partial charge < -0.3 is 20.7 Å². The lowest BCUT2D eigenvalue weighted by molar-refractivity contribution is -0.115. The van der Waals surface area contributed by atoms with Crippen molar-refractivity contribution < 1.29 is 9.53 Å². The number of nitrogens with one attached hydrogen (secondary N) is 1. The Bertz CT molecular complexity index is 702. The molecule has 1 unspecified atom stereocenters. The van der Waals surface area contributed by atoms with Gasteiger partial charge in [-0.05, 0) is 30.2 Å². The molecule has 0 bridgehead atoms. The molecule has 1 aliphatic heterocycles. The van der Waals surface area contributed by atoms with Crippen LogP contribution in [0.1, 0.15) is 5.56 Å². The van der Waals surface area contributed by atoms with Crippen LogP contribution in [0, 0.1) is 0 Å². The third kappa shape index (κ3) is 3.63. The Hall–Kier alpha value is -2.53. The smallest absolute Gasteiger partial charge is 0.243 e. The number of para-hydroxylation sites is 1. The second-order valence-corrected chi connectivity index (χ2v) is 5.75. The molecule has 2 aromatic carbocycles. The fourth-order valence-electron chi connectivity index (χ4n) is 2.94. The minimum absolute atomic E-state index is 0.0505. The Labute approximate surface area is 136 Å². The first-order valence-corrected chi connectivity index (χ1v) is 7.68. The van der Waals surface area contributed by atoms with Crippen LogP contribution in [0.4, 0.5) is 11.4 Å². The van der Waals surface area contributed by atoms with Gasteiger partial charge in [0, 0.05) is 30.0 Å². The Kier molecular flexibility index (Phi) is 4.48. The summed E-state index contributed by atoms with van der Waals surface area (Å²) in [5.41, 5.74) is 9.13. The second kappa shape index (κ2) is 6.71. The Balaban J connectivity index is 1.70. The van der Waals surface area contributed by atoms with Crippen molar-refractivity contribution in [2.45, 2.75) is 12.5 Å². The van der Waals surface area contributed by atoms with E-state index in [0.29, 0.717) is 12.3 Å². The maximum atomic E-state index is 12.4. The first kappa shape index (κ1) is 15.4. The summed E-state index contributed by atoms with van der Waals surface area (Å²) in [6, 6.07) is 15.5. The molecule has 1 heterocycles. The molecule has 0 spiro atoms. The van der Waals surface area contributed by atoms with Crippen LogP contribution in [0.2, 0.25) is 0 Å². The van der Waals surface area contributed by atoms with Crippen LogP contribution in [0.15, 0.2) is 48.5 Å². The van der Waals surface area contributed by atoms with Gasteiger partial charge in [0.15, 0.2) is 0 Å². The SMILES string of the molecule is COc1cccc(NC(=O)CN2CC(N)Cc3ccccc32)c1. The lowest BCUT2D eigenvalue weighted by Gasteiger charge is -2.34. The summed E-state index contributed by atoms with van der Waals surface area (Å²) in [4.78, 5) is 14.4. The van der Waals surface area contributed by atoms with Crippen LogP contribution >= 0.6 is 0 Å². The number of carbonyl (C=O) groups is 1. The zero-order valence-corrected chi connectivity index (χ0v) is 13.2. The third-order valence-electron chi connectivity index (χ3n) is 3.96. The molecule has 0 aliphatic carbocycles. The summed E-state index contributed by atoms with van der Waals surface area (Å²) < 4.78 is 5.17. The Morgan fingerprint density at radius 2 is 2.13 bits per heavy atom. The maximum absolute atomic E-state index is 12.4. The first-order chi connectivity index (χ1) is 11.2. The van der Waals surface area contributed by atoms with Crippen molar-refractivity contribution in [3.63, 3.8) is 0 Å². The van der Waals surface area contributed by atoms with Crippen molar-refractivity contribution >= 4 is 17.3 Å². The van der Waals surface area contributed by atoms with Gasteiger partial charge in [-0.25, -0.2) is 0 Å². The lowest BCUT2D eigenvalue weighted by Crippen LogP contribution is -2.46. The molecule has 1 atom stereocenters. The van der Waals surface area contributed by atoms with E-state index in [1.165, 1.54) is 5.56 Å². The summed E-state index contributed by atoms with van der Waals surface area (Å²) in [7, 11) is 1.60. The third-order valence-corrected chi connectivity index (χ3v) is 3.96. The Morgan fingerprint density at radius 3 is 2.96 bits per heavy atom. The highest BCUT2D eigenvalue weighted by Gasteiger charge is 2.23. The fourth-order valence-corrected chi connectivity index (χ4v) is 2.94. The number of nitrogens with zero attached hydrogens (tertiary/aromatic N) is 1. The van der Waals surface area contributed by atoms with Crippen LogP contribution in [0.5, 0.6) is 5.75 Å². The molecule has 5 heteroatoms. The van der Waals surface area contributed by atoms with Gasteiger partial charge >= 0.3 is 0 Å². The number of amides is 1. The number of methoxy groups -OCH3 is 1. The number of hydrogen-bond acceptors (Lipinski definition) is 4. The van der Waals surface area contributed by atoms with E-state index in [0.717, 1.165) is 17.8 Å². The molecular weight excluding hydrogens is 290 g/mol.